The van der Waals surface area contributed by atoms with E-state index in [-0.39, 0.29) is 0 Å². The van der Waals surface area contributed by atoms with Crippen LogP contribution >= 0.6 is 0 Å². The molecule has 0 rings (SSSR count). The van der Waals surface area contributed by atoms with Crippen molar-refractivity contribution in [2.24, 2.45) is 17.5 Å². The summed E-state index contributed by atoms with van der Waals surface area (Å²) in [5, 5.41) is -5.88. The van der Waals surface area contributed by atoms with Gasteiger partial charge in [-0.3, -0.25) is 17.5 Å². The number of sulfonamides is 1. The fraction of sp³-hybridized carbons (Fsp3) is 1.00. The Labute approximate surface area is 75.2 Å². The molecule has 0 amide bonds. The SMILES string of the molecule is NN.NNS(=O)(=O)C(F)(F)C(F)(F)F. The van der Waals surface area contributed by atoms with E-state index in [1.54, 1.807) is 0 Å². The number of nitrogens with one attached hydrogen (secondary N) is 1. The summed E-state index contributed by atoms with van der Waals surface area (Å²) in [5.41, 5.74) is 0. The van der Waals surface area contributed by atoms with Crippen LogP contribution in [0.5, 0.6) is 0 Å². The maximum Gasteiger partial charge on any atom is 0.471 e. The molecule has 6 nitrogen and oxygen atoms in total. The summed E-state index contributed by atoms with van der Waals surface area (Å²) >= 11 is 0. The topological polar surface area (TPSA) is 124 Å². The molecule has 0 aliphatic heterocycles. The molecule has 88 valence electrons. The van der Waals surface area contributed by atoms with Gasteiger partial charge in [-0.15, -0.1) is 4.83 Å². The number of hydrogen-bond donors (Lipinski definition) is 4. The molecule has 0 aliphatic rings. The second-order valence-corrected chi connectivity index (χ2v) is 3.39. The molecule has 0 saturated heterocycles. The van der Waals surface area contributed by atoms with Gasteiger partial charge in [0.2, 0.25) is 0 Å². The van der Waals surface area contributed by atoms with Crippen molar-refractivity contribution in [1.29, 1.82) is 0 Å². The fourth-order valence-corrected chi connectivity index (χ4v) is 0.679. The molecule has 0 unspecified atom stereocenters. The van der Waals surface area contributed by atoms with E-state index in [0.717, 1.165) is 0 Å². The van der Waals surface area contributed by atoms with E-state index in [0.29, 0.717) is 4.83 Å². The number of rotatable bonds is 2. The third-order valence-electron chi connectivity index (χ3n) is 0.823. The third-order valence-corrected chi connectivity index (χ3v) is 2.04. The quantitative estimate of drug-likeness (QED) is 0.275. The van der Waals surface area contributed by atoms with Crippen molar-refractivity contribution in [3.63, 3.8) is 0 Å². The van der Waals surface area contributed by atoms with Gasteiger partial charge in [-0.1, -0.05) is 0 Å². The Hall–Kier alpha value is -0.560. The molecular weight excluding hydrogens is 239 g/mol. The Bertz CT molecular complexity index is 259. The summed E-state index contributed by atoms with van der Waals surface area (Å²) in [6.07, 6.45) is -6.18. The van der Waals surface area contributed by atoms with E-state index >= 15 is 0 Å². The van der Waals surface area contributed by atoms with E-state index in [1.165, 1.54) is 0 Å². The summed E-state index contributed by atoms with van der Waals surface area (Å²) in [4.78, 5) is 0.390. The molecule has 0 fully saturated rings. The first-order valence-corrected chi connectivity index (χ1v) is 4.04. The van der Waals surface area contributed by atoms with E-state index in [2.05, 4.69) is 17.5 Å². The molecule has 0 saturated carbocycles. The Kier molecular flexibility index (Phi) is 5.44. The van der Waals surface area contributed by atoms with Crippen molar-refractivity contribution in [3.8, 4) is 0 Å². The average molecular weight is 246 g/mol. The summed E-state index contributed by atoms with van der Waals surface area (Å²) in [5.74, 6) is 12.0. The zero-order valence-electron chi connectivity index (χ0n) is 6.35. The van der Waals surface area contributed by atoms with Crippen molar-refractivity contribution >= 4 is 10.0 Å². The Morgan fingerprint density at radius 2 is 1.29 bits per heavy atom. The lowest BCUT2D eigenvalue weighted by Crippen LogP contribution is -2.51. The molecule has 14 heavy (non-hydrogen) atoms. The van der Waals surface area contributed by atoms with Gasteiger partial charge in [0.05, 0.1) is 0 Å². The maximum absolute atomic E-state index is 11.9. The van der Waals surface area contributed by atoms with Crippen LogP contribution in [0.2, 0.25) is 0 Å². The minimum absolute atomic E-state index is 0.390. The molecule has 0 aromatic carbocycles. The highest BCUT2D eigenvalue weighted by atomic mass is 32.2. The molecule has 0 bridgehead atoms. The first-order valence-electron chi connectivity index (χ1n) is 2.56. The van der Waals surface area contributed by atoms with Gasteiger partial charge in [0.1, 0.15) is 0 Å². The largest absolute Gasteiger partial charge is 0.471 e. The zero-order chi connectivity index (χ0) is 12.2. The zero-order valence-corrected chi connectivity index (χ0v) is 7.16. The predicted molar refractivity (Wildman–Crippen MR) is 35.6 cm³/mol. The minimum atomic E-state index is -6.18. The standard InChI is InChI=1S/C2H3F5N2O2S.H4N2/c3-1(4,5)2(6,7)12(10,11)9-8;1-2/h9H,8H2;1-2H2. The third kappa shape index (κ3) is 2.98. The molecule has 12 heteroatoms. The molecule has 0 aromatic heterocycles. The summed E-state index contributed by atoms with van der Waals surface area (Å²) in [7, 11) is -5.89. The van der Waals surface area contributed by atoms with Crippen LogP contribution in [0.3, 0.4) is 0 Å². The van der Waals surface area contributed by atoms with Crippen LogP contribution in [0.25, 0.3) is 0 Å². The molecule has 0 spiro atoms. The highest BCUT2D eigenvalue weighted by Crippen LogP contribution is 2.38. The molecule has 0 aromatic rings. The molecule has 0 atom stereocenters. The highest BCUT2D eigenvalue weighted by molar-refractivity contribution is 7.90. The normalized spacial score (nSPS) is 13.1. The molecule has 7 N–H and O–H groups in total. The van der Waals surface area contributed by atoms with Crippen molar-refractivity contribution in [2.75, 3.05) is 0 Å². The van der Waals surface area contributed by atoms with Crippen LogP contribution in [0.4, 0.5) is 22.0 Å². The summed E-state index contributed by atoms with van der Waals surface area (Å²) < 4.78 is 77.5. The van der Waals surface area contributed by atoms with Crippen LogP contribution in [-0.2, 0) is 10.0 Å². The lowest BCUT2D eigenvalue weighted by Gasteiger charge is -2.18. The van der Waals surface area contributed by atoms with Gasteiger partial charge < -0.3 is 0 Å². The van der Waals surface area contributed by atoms with E-state index in [4.69, 9.17) is 0 Å². The Morgan fingerprint density at radius 1 is 1.00 bits per heavy atom. The number of hydrogen-bond acceptors (Lipinski definition) is 5. The van der Waals surface area contributed by atoms with Crippen LogP contribution < -0.4 is 22.4 Å². The lowest BCUT2D eigenvalue weighted by atomic mass is 10.7. The summed E-state index contributed by atoms with van der Waals surface area (Å²) in [6, 6.07) is 0. The van der Waals surface area contributed by atoms with E-state index < -0.39 is 21.5 Å². The smallest absolute Gasteiger partial charge is 0.274 e. The molecule has 0 heterocycles. The number of nitrogens with two attached hydrogens (primary N) is 3. The van der Waals surface area contributed by atoms with E-state index in [1.807, 2.05) is 0 Å². The van der Waals surface area contributed by atoms with Gasteiger partial charge >= 0.3 is 11.4 Å². The lowest BCUT2D eigenvalue weighted by molar-refractivity contribution is -0.241. The average Bonchev–Trinajstić information content (AvgIpc) is 2.06. The second-order valence-electron chi connectivity index (χ2n) is 1.64. The number of hydrazine groups is 2. The van der Waals surface area contributed by atoms with Crippen LogP contribution in [0.1, 0.15) is 0 Å². The van der Waals surface area contributed by atoms with Crippen LogP contribution in [-0.4, -0.2) is 19.8 Å². The van der Waals surface area contributed by atoms with Gasteiger partial charge in [-0.2, -0.15) is 22.0 Å². The predicted octanol–water partition coefficient (Wildman–Crippen LogP) is -1.25. The monoisotopic (exact) mass is 246 g/mol. The van der Waals surface area contributed by atoms with Crippen molar-refractivity contribution < 1.29 is 30.4 Å². The second kappa shape index (κ2) is 4.79. The van der Waals surface area contributed by atoms with Gasteiger partial charge in [0, 0.05) is 0 Å². The Morgan fingerprint density at radius 3 is 1.36 bits per heavy atom. The van der Waals surface area contributed by atoms with Crippen molar-refractivity contribution in [1.82, 2.24) is 4.83 Å². The minimum Gasteiger partial charge on any atom is -0.274 e. The summed E-state index contributed by atoms with van der Waals surface area (Å²) in [6.45, 7) is 0. The van der Waals surface area contributed by atoms with Gasteiger partial charge in [-0.05, 0) is 0 Å². The fourth-order valence-electron chi connectivity index (χ4n) is 0.226. The Balaban J connectivity index is 0. The van der Waals surface area contributed by atoms with E-state index in [9.17, 15) is 30.4 Å². The van der Waals surface area contributed by atoms with Gasteiger partial charge in [0.15, 0.2) is 0 Å². The highest BCUT2D eigenvalue weighted by Gasteiger charge is 2.67. The number of alkyl halides is 5. The maximum atomic E-state index is 11.9. The van der Waals surface area contributed by atoms with Crippen molar-refractivity contribution in [2.45, 2.75) is 11.4 Å². The van der Waals surface area contributed by atoms with Gasteiger partial charge in [-0.25, -0.2) is 8.42 Å². The molecule has 0 radical (unpaired) electrons. The molecular formula is C2H7F5N4O2S. The van der Waals surface area contributed by atoms with Crippen LogP contribution in [0, 0.1) is 0 Å². The van der Waals surface area contributed by atoms with Crippen molar-refractivity contribution in [3.05, 3.63) is 0 Å². The van der Waals surface area contributed by atoms with Crippen LogP contribution in [0.15, 0.2) is 0 Å². The first-order chi connectivity index (χ1) is 6.06. The first kappa shape index (κ1) is 15.9. The van der Waals surface area contributed by atoms with Gasteiger partial charge in [0.25, 0.3) is 10.0 Å². The molecule has 0 aliphatic carbocycles. The number of halogens is 5.